The molecule has 4 nitrogen and oxygen atoms in total. The van der Waals surface area contributed by atoms with Gasteiger partial charge in [-0.1, -0.05) is 23.8 Å². The molecule has 0 atom stereocenters. The first-order valence-corrected chi connectivity index (χ1v) is 6.82. The second kappa shape index (κ2) is 6.85. The molecule has 0 aliphatic rings. The average molecular weight is 300 g/mol. The predicted octanol–water partition coefficient (Wildman–Crippen LogP) is 3.59. The summed E-state index contributed by atoms with van der Waals surface area (Å²) in [5.74, 6) is -0.379. The number of rotatable bonds is 3. The van der Waals surface area contributed by atoms with Crippen molar-refractivity contribution in [3.63, 3.8) is 0 Å². The Kier molecular flexibility index (Phi) is 4.90. The van der Waals surface area contributed by atoms with Crippen LogP contribution in [0.2, 0.25) is 0 Å². The second-order valence-corrected chi connectivity index (χ2v) is 4.93. The Morgan fingerprint density at radius 1 is 1.05 bits per heavy atom. The highest BCUT2D eigenvalue weighted by atomic mass is 32.1. The molecule has 0 unspecified atom stereocenters. The maximum absolute atomic E-state index is 11.5. The van der Waals surface area contributed by atoms with Crippen molar-refractivity contribution in [1.82, 2.24) is 0 Å². The van der Waals surface area contributed by atoms with E-state index in [-0.39, 0.29) is 5.97 Å². The zero-order valence-corrected chi connectivity index (χ0v) is 12.7. The number of methoxy groups -OCH3 is 1. The number of carbonyl (C=O) groups is 1. The van der Waals surface area contributed by atoms with E-state index < -0.39 is 0 Å². The van der Waals surface area contributed by atoms with Gasteiger partial charge in [0.25, 0.3) is 0 Å². The minimum Gasteiger partial charge on any atom is -0.465 e. The fourth-order valence-corrected chi connectivity index (χ4v) is 2.01. The molecule has 0 amide bonds. The maximum atomic E-state index is 11.5. The van der Waals surface area contributed by atoms with Crippen LogP contribution in [0.25, 0.3) is 0 Å². The topological polar surface area (TPSA) is 50.4 Å². The molecule has 2 aromatic rings. The summed E-state index contributed by atoms with van der Waals surface area (Å²) < 4.78 is 4.69. The van der Waals surface area contributed by atoms with Gasteiger partial charge in [0.2, 0.25) is 0 Å². The molecule has 5 heteroatoms. The van der Waals surface area contributed by atoms with Crippen molar-refractivity contribution in [3.8, 4) is 0 Å². The maximum Gasteiger partial charge on any atom is 0.337 e. The second-order valence-electron chi connectivity index (χ2n) is 4.52. The first-order valence-electron chi connectivity index (χ1n) is 6.41. The number of benzene rings is 2. The number of hydrogen-bond donors (Lipinski definition) is 2. The van der Waals surface area contributed by atoms with Gasteiger partial charge in [-0.25, -0.2) is 4.79 Å². The van der Waals surface area contributed by atoms with Crippen molar-refractivity contribution in [2.75, 3.05) is 17.7 Å². The Balaban J connectivity index is 2.02. The van der Waals surface area contributed by atoms with Crippen LogP contribution in [-0.2, 0) is 4.74 Å². The summed E-state index contributed by atoms with van der Waals surface area (Å²) in [6, 6.07) is 14.9. The van der Waals surface area contributed by atoms with Crippen molar-refractivity contribution in [2.24, 2.45) is 0 Å². The summed E-state index contributed by atoms with van der Waals surface area (Å²) in [5.41, 5.74) is 3.29. The molecule has 2 rings (SSSR count). The van der Waals surface area contributed by atoms with Gasteiger partial charge < -0.3 is 15.4 Å². The summed E-state index contributed by atoms with van der Waals surface area (Å²) in [6.45, 7) is 2.03. The molecule has 0 bridgehead atoms. The fourth-order valence-electron chi connectivity index (χ4n) is 1.77. The van der Waals surface area contributed by atoms with Gasteiger partial charge in [0.1, 0.15) is 0 Å². The average Bonchev–Trinajstić information content (AvgIpc) is 2.49. The quantitative estimate of drug-likeness (QED) is 0.670. The van der Waals surface area contributed by atoms with Crippen LogP contribution in [0.5, 0.6) is 0 Å². The molecule has 21 heavy (non-hydrogen) atoms. The summed E-state index contributed by atoms with van der Waals surface area (Å²) in [4.78, 5) is 11.5. The van der Waals surface area contributed by atoms with Gasteiger partial charge in [-0.3, -0.25) is 0 Å². The number of carbonyl (C=O) groups excluding carboxylic acids is 1. The minimum atomic E-state index is -0.379. The minimum absolute atomic E-state index is 0.379. The molecular formula is C16H16N2O2S. The molecule has 0 aliphatic heterocycles. The number of aryl methyl sites for hydroxylation is 1. The number of ether oxygens (including phenoxy) is 1. The Labute approximate surface area is 129 Å². The monoisotopic (exact) mass is 300 g/mol. The van der Waals surface area contributed by atoms with E-state index in [1.165, 1.54) is 12.7 Å². The first-order chi connectivity index (χ1) is 10.1. The largest absolute Gasteiger partial charge is 0.465 e. The van der Waals surface area contributed by atoms with Crippen molar-refractivity contribution in [3.05, 3.63) is 59.7 Å². The summed E-state index contributed by atoms with van der Waals surface area (Å²) in [5, 5.41) is 6.58. The Morgan fingerprint density at radius 3 is 2.38 bits per heavy atom. The number of nitrogens with one attached hydrogen (secondary N) is 2. The molecule has 0 saturated heterocycles. The third-order valence-corrected chi connectivity index (χ3v) is 3.06. The highest BCUT2D eigenvalue weighted by molar-refractivity contribution is 7.80. The van der Waals surface area contributed by atoms with Gasteiger partial charge in [-0.15, -0.1) is 0 Å². The standard InChI is InChI=1S/C16H16N2O2S/c1-11-6-8-13(9-7-11)17-16(21)18-14-5-3-4-12(10-14)15(19)20-2/h3-10H,1-2H3,(H2,17,18,21). The summed E-state index contributed by atoms with van der Waals surface area (Å²) >= 11 is 5.25. The van der Waals surface area contributed by atoms with E-state index in [0.29, 0.717) is 10.7 Å². The van der Waals surface area contributed by atoms with Crippen LogP contribution in [0.15, 0.2) is 48.5 Å². The van der Waals surface area contributed by atoms with Crippen molar-refractivity contribution in [2.45, 2.75) is 6.92 Å². The normalized spacial score (nSPS) is 9.81. The van der Waals surface area contributed by atoms with E-state index in [1.807, 2.05) is 37.3 Å². The van der Waals surface area contributed by atoms with Crippen LogP contribution in [-0.4, -0.2) is 18.2 Å². The van der Waals surface area contributed by atoms with Gasteiger partial charge in [-0.2, -0.15) is 0 Å². The van der Waals surface area contributed by atoms with Gasteiger partial charge in [0, 0.05) is 11.4 Å². The predicted molar refractivity (Wildman–Crippen MR) is 88.8 cm³/mol. The first kappa shape index (κ1) is 15.0. The third-order valence-electron chi connectivity index (χ3n) is 2.85. The molecular weight excluding hydrogens is 284 g/mol. The van der Waals surface area contributed by atoms with Crippen molar-refractivity contribution < 1.29 is 9.53 Å². The van der Waals surface area contributed by atoms with Gasteiger partial charge in [-0.05, 0) is 49.5 Å². The zero-order valence-electron chi connectivity index (χ0n) is 11.8. The van der Waals surface area contributed by atoms with Gasteiger partial charge >= 0.3 is 5.97 Å². The van der Waals surface area contributed by atoms with Crippen LogP contribution in [0.4, 0.5) is 11.4 Å². The van der Waals surface area contributed by atoms with Crippen LogP contribution >= 0.6 is 12.2 Å². The highest BCUT2D eigenvalue weighted by Gasteiger charge is 2.06. The Hall–Kier alpha value is -2.40. The molecule has 0 aromatic heterocycles. The van der Waals surface area contributed by atoms with Gasteiger partial charge in [0.15, 0.2) is 5.11 Å². The molecule has 2 aromatic carbocycles. The number of thiocarbonyl (C=S) groups is 1. The lowest BCUT2D eigenvalue weighted by Crippen LogP contribution is -2.19. The Bertz CT molecular complexity index is 654. The molecule has 0 aliphatic carbocycles. The highest BCUT2D eigenvalue weighted by Crippen LogP contribution is 2.13. The lowest BCUT2D eigenvalue weighted by molar-refractivity contribution is 0.0601. The molecule has 0 radical (unpaired) electrons. The van der Waals surface area contributed by atoms with Crippen molar-refractivity contribution in [1.29, 1.82) is 0 Å². The van der Waals surface area contributed by atoms with Gasteiger partial charge in [0.05, 0.1) is 12.7 Å². The molecule has 0 saturated carbocycles. The van der Waals surface area contributed by atoms with E-state index in [2.05, 4.69) is 15.4 Å². The lowest BCUT2D eigenvalue weighted by atomic mass is 10.2. The van der Waals surface area contributed by atoms with Crippen LogP contribution in [0, 0.1) is 6.92 Å². The zero-order chi connectivity index (χ0) is 15.2. The molecule has 0 spiro atoms. The van der Waals surface area contributed by atoms with E-state index >= 15 is 0 Å². The van der Waals surface area contributed by atoms with Crippen LogP contribution in [0.1, 0.15) is 15.9 Å². The molecule has 2 N–H and O–H groups in total. The SMILES string of the molecule is COC(=O)c1cccc(NC(=S)Nc2ccc(C)cc2)c1. The number of anilines is 2. The smallest absolute Gasteiger partial charge is 0.337 e. The molecule has 0 heterocycles. The van der Waals surface area contributed by atoms with Crippen LogP contribution in [0.3, 0.4) is 0 Å². The fraction of sp³-hybridized carbons (Fsp3) is 0.125. The molecule has 108 valence electrons. The van der Waals surface area contributed by atoms with E-state index in [9.17, 15) is 4.79 Å². The molecule has 0 fully saturated rings. The van der Waals surface area contributed by atoms with Crippen LogP contribution < -0.4 is 10.6 Å². The van der Waals surface area contributed by atoms with E-state index in [0.717, 1.165) is 11.4 Å². The summed E-state index contributed by atoms with van der Waals surface area (Å²) in [7, 11) is 1.35. The summed E-state index contributed by atoms with van der Waals surface area (Å²) in [6.07, 6.45) is 0. The number of esters is 1. The van der Waals surface area contributed by atoms with E-state index in [1.54, 1.807) is 18.2 Å². The van der Waals surface area contributed by atoms with E-state index in [4.69, 9.17) is 12.2 Å². The Morgan fingerprint density at radius 2 is 1.71 bits per heavy atom. The third kappa shape index (κ3) is 4.29. The van der Waals surface area contributed by atoms with Crippen molar-refractivity contribution >= 4 is 34.7 Å². The number of hydrogen-bond acceptors (Lipinski definition) is 3. The lowest BCUT2D eigenvalue weighted by Gasteiger charge is -2.11.